The maximum Gasteiger partial charge on any atom is 0.573 e. The van der Waals surface area contributed by atoms with Crippen molar-refractivity contribution in [3.63, 3.8) is 0 Å². The van der Waals surface area contributed by atoms with Crippen LogP contribution in [0.3, 0.4) is 0 Å². The number of halogens is 3. The van der Waals surface area contributed by atoms with E-state index in [1.165, 1.54) is 36.4 Å². The topological polar surface area (TPSA) is 120 Å². The molecule has 0 unspecified atom stereocenters. The number of benzene rings is 3. The van der Waals surface area contributed by atoms with Gasteiger partial charge in [-0.3, -0.25) is 14.5 Å². The van der Waals surface area contributed by atoms with Crippen LogP contribution in [0.4, 0.5) is 24.5 Å². The maximum atomic E-state index is 13.2. The Kier molecular flexibility index (Phi) is 10.8. The molecule has 14 heteroatoms. The van der Waals surface area contributed by atoms with Gasteiger partial charge in [-0.05, 0) is 79.4 Å². The second kappa shape index (κ2) is 14.8. The lowest BCUT2D eigenvalue weighted by Crippen LogP contribution is -2.48. The summed E-state index contributed by atoms with van der Waals surface area (Å²) in [7, 11) is -3.20. The molecule has 0 radical (unpaired) electrons. The number of amides is 2. The Morgan fingerprint density at radius 3 is 2.23 bits per heavy atom. The number of nitrogens with zero attached hydrogens (tertiary/aromatic N) is 2. The standard InChI is InChI=1S/C33H38F3N5O5S/c1-2-20-47(44,45)41-18-16-40(17-19-41)22-23-5-11-26(12-6-23)38-31(42)25-9-7-24(8-10-25)28-21-27(13-14-30(28)46-33(34,35)36)39-32(43)29-4-3-15-37-29/h5-14,21,29,37H,2-4,15-20,22H2,1H3,(H,38,42)(H,39,43)/t29-/m0/s1. The second-order valence-electron chi connectivity index (χ2n) is 11.6. The molecule has 0 bridgehead atoms. The van der Waals surface area contributed by atoms with Crippen LogP contribution in [0.15, 0.2) is 66.7 Å². The van der Waals surface area contributed by atoms with Gasteiger partial charge in [0, 0.05) is 55.2 Å². The summed E-state index contributed by atoms with van der Waals surface area (Å²) in [5, 5.41) is 8.66. The predicted octanol–water partition coefficient (Wildman–Crippen LogP) is 5.05. The maximum absolute atomic E-state index is 13.2. The highest BCUT2D eigenvalue weighted by molar-refractivity contribution is 7.89. The van der Waals surface area contributed by atoms with Crippen molar-refractivity contribution < 1.29 is 35.9 Å². The van der Waals surface area contributed by atoms with E-state index in [2.05, 4.69) is 25.6 Å². The number of hydrogen-bond donors (Lipinski definition) is 3. The van der Waals surface area contributed by atoms with E-state index < -0.39 is 28.0 Å². The lowest BCUT2D eigenvalue weighted by molar-refractivity contribution is -0.274. The number of carbonyl (C=O) groups excluding carboxylic acids is 2. The van der Waals surface area contributed by atoms with Crippen molar-refractivity contribution in [2.24, 2.45) is 0 Å². The molecule has 5 rings (SSSR count). The number of hydrogen-bond acceptors (Lipinski definition) is 7. The van der Waals surface area contributed by atoms with Crippen LogP contribution in [0.2, 0.25) is 0 Å². The zero-order valence-corrected chi connectivity index (χ0v) is 26.8. The minimum absolute atomic E-state index is 0.103. The summed E-state index contributed by atoms with van der Waals surface area (Å²) in [6.45, 7) is 5.43. The van der Waals surface area contributed by atoms with Gasteiger partial charge in [-0.2, -0.15) is 4.31 Å². The molecule has 1 atom stereocenters. The first-order valence-corrected chi connectivity index (χ1v) is 17.2. The first-order chi connectivity index (χ1) is 22.4. The Labute approximate surface area is 272 Å². The van der Waals surface area contributed by atoms with Crippen LogP contribution in [0.25, 0.3) is 11.1 Å². The average Bonchev–Trinajstić information content (AvgIpc) is 3.58. The molecule has 10 nitrogen and oxygen atoms in total. The summed E-state index contributed by atoms with van der Waals surface area (Å²) in [6.07, 6.45) is -2.79. The van der Waals surface area contributed by atoms with Crippen LogP contribution < -0.4 is 20.7 Å². The highest BCUT2D eigenvalue weighted by atomic mass is 32.2. The quantitative estimate of drug-likeness (QED) is 0.261. The van der Waals surface area contributed by atoms with E-state index >= 15 is 0 Å². The van der Waals surface area contributed by atoms with Crippen LogP contribution in [0, 0.1) is 0 Å². The molecule has 252 valence electrons. The van der Waals surface area contributed by atoms with Gasteiger partial charge in [0.15, 0.2) is 0 Å². The third-order valence-electron chi connectivity index (χ3n) is 8.11. The first-order valence-electron chi connectivity index (χ1n) is 15.5. The van der Waals surface area contributed by atoms with Crippen molar-refractivity contribution in [1.29, 1.82) is 0 Å². The van der Waals surface area contributed by atoms with Crippen molar-refractivity contribution in [3.05, 3.63) is 77.9 Å². The number of nitrogens with one attached hydrogen (secondary N) is 3. The molecule has 0 aliphatic carbocycles. The number of anilines is 2. The fourth-order valence-electron chi connectivity index (χ4n) is 5.69. The summed E-state index contributed by atoms with van der Waals surface area (Å²) >= 11 is 0. The Hall–Kier alpha value is -3.98. The van der Waals surface area contributed by atoms with E-state index in [0.29, 0.717) is 68.1 Å². The molecule has 3 aromatic carbocycles. The zero-order valence-electron chi connectivity index (χ0n) is 26.0. The van der Waals surface area contributed by atoms with Crippen LogP contribution in [-0.2, 0) is 21.4 Å². The lowest BCUT2D eigenvalue weighted by atomic mass is 10.0. The molecule has 2 saturated heterocycles. The van der Waals surface area contributed by atoms with Crippen LogP contribution in [0.1, 0.15) is 42.1 Å². The second-order valence-corrected chi connectivity index (χ2v) is 13.7. The van der Waals surface area contributed by atoms with E-state index in [-0.39, 0.29) is 23.3 Å². The number of ether oxygens (including phenoxy) is 1. The van der Waals surface area contributed by atoms with Crippen LogP contribution >= 0.6 is 0 Å². The average molecular weight is 674 g/mol. The number of alkyl halides is 3. The third-order valence-corrected chi connectivity index (χ3v) is 10.2. The molecule has 2 aliphatic rings. The molecule has 2 amide bonds. The minimum Gasteiger partial charge on any atom is -0.405 e. The van der Waals surface area contributed by atoms with E-state index in [4.69, 9.17) is 0 Å². The third kappa shape index (κ3) is 9.31. The molecule has 0 saturated carbocycles. The van der Waals surface area contributed by atoms with Gasteiger partial charge >= 0.3 is 6.36 Å². The van der Waals surface area contributed by atoms with E-state index in [0.717, 1.165) is 24.6 Å². The SMILES string of the molecule is CCCS(=O)(=O)N1CCN(Cc2ccc(NC(=O)c3ccc(-c4cc(NC(=O)[C@@H]5CCCN5)ccc4OC(F)(F)F)cc3)cc2)CC1. The number of piperazine rings is 1. The van der Waals surface area contributed by atoms with Crippen LogP contribution in [-0.4, -0.2) is 80.3 Å². The van der Waals surface area contributed by atoms with Gasteiger partial charge in [0.25, 0.3) is 5.91 Å². The molecular weight excluding hydrogens is 635 g/mol. The number of carbonyl (C=O) groups is 2. The highest BCUT2D eigenvalue weighted by Crippen LogP contribution is 2.36. The van der Waals surface area contributed by atoms with Gasteiger partial charge in [0.1, 0.15) is 5.75 Å². The molecule has 0 aromatic heterocycles. The van der Waals surface area contributed by atoms with Gasteiger partial charge in [-0.25, -0.2) is 8.42 Å². The van der Waals surface area contributed by atoms with Gasteiger partial charge in [0.05, 0.1) is 11.8 Å². The summed E-state index contributed by atoms with van der Waals surface area (Å²) in [6, 6.07) is 17.0. The van der Waals surface area contributed by atoms with Crippen molar-refractivity contribution in [2.45, 2.75) is 45.1 Å². The molecule has 3 aromatic rings. The monoisotopic (exact) mass is 673 g/mol. The Bertz CT molecular complexity index is 1650. The van der Waals surface area contributed by atoms with Gasteiger partial charge in [0.2, 0.25) is 15.9 Å². The Morgan fingerprint density at radius 1 is 0.936 bits per heavy atom. The summed E-state index contributed by atoms with van der Waals surface area (Å²) in [4.78, 5) is 27.7. The molecule has 2 aliphatic heterocycles. The fourth-order valence-corrected chi connectivity index (χ4v) is 7.19. The molecule has 47 heavy (non-hydrogen) atoms. The molecular formula is C33H38F3N5O5S. The predicted molar refractivity (Wildman–Crippen MR) is 174 cm³/mol. The van der Waals surface area contributed by atoms with E-state index in [1.807, 2.05) is 19.1 Å². The van der Waals surface area contributed by atoms with Gasteiger partial charge in [-0.1, -0.05) is 31.2 Å². The van der Waals surface area contributed by atoms with Crippen molar-refractivity contribution in [2.75, 3.05) is 49.1 Å². The summed E-state index contributed by atoms with van der Waals surface area (Å²) in [5.41, 5.74) is 2.67. The number of sulfonamides is 1. The highest BCUT2D eigenvalue weighted by Gasteiger charge is 2.32. The van der Waals surface area contributed by atoms with Crippen molar-refractivity contribution in [3.8, 4) is 16.9 Å². The van der Waals surface area contributed by atoms with E-state index in [1.54, 1.807) is 16.4 Å². The number of rotatable bonds is 11. The summed E-state index contributed by atoms with van der Waals surface area (Å²) in [5.74, 6) is -0.938. The van der Waals surface area contributed by atoms with Crippen molar-refractivity contribution >= 4 is 33.2 Å². The smallest absolute Gasteiger partial charge is 0.405 e. The van der Waals surface area contributed by atoms with E-state index in [9.17, 15) is 31.2 Å². The summed E-state index contributed by atoms with van der Waals surface area (Å²) < 4.78 is 70.0. The van der Waals surface area contributed by atoms with Gasteiger partial charge in [-0.15, -0.1) is 13.2 Å². The minimum atomic E-state index is -4.92. The molecule has 3 N–H and O–H groups in total. The zero-order chi connectivity index (χ0) is 33.6. The fraction of sp³-hybridized carbons (Fsp3) is 0.394. The largest absolute Gasteiger partial charge is 0.573 e. The van der Waals surface area contributed by atoms with Gasteiger partial charge < -0.3 is 20.7 Å². The lowest BCUT2D eigenvalue weighted by Gasteiger charge is -2.34. The molecule has 0 spiro atoms. The normalized spacial score (nSPS) is 17.7. The molecule has 2 fully saturated rings. The van der Waals surface area contributed by atoms with Crippen LogP contribution in [0.5, 0.6) is 5.75 Å². The van der Waals surface area contributed by atoms with Crippen molar-refractivity contribution in [1.82, 2.24) is 14.5 Å². The Balaban J connectivity index is 1.21. The molecule has 2 heterocycles. The first kappa shape index (κ1) is 34.4. The Morgan fingerprint density at radius 2 is 1.62 bits per heavy atom.